The van der Waals surface area contributed by atoms with E-state index >= 15 is 0 Å². The van der Waals surface area contributed by atoms with E-state index < -0.39 is 5.41 Å². The second-order valence-corrected chi connectivity index (χ2v) is 15.3. The molecule has 0 saturated heterocycles. The molecule has 1 spiro atoms. The molecule has 8 nitrogen and oxygen atoms in total. The molecule has 0 atom stereocenters. The van der Waals surface area contributed by atoms with Crippen molar-refractivity contribution in [1.82, 2.24) is 0 Å². The first kappa shape index (κ1) is 37.7. The average Bonchev–Trinajstić information content (AvgIpc) is 3.73. The molecule has 0 fully saturated rings. The number of benzene rings is 8. The molecule has 8 aromatic rings. The smallest absolute Gasteiger partial charge is 0.374 e. The standard InChI is InChI=1S/C49H36B4O8/c54-41-9-1-5-13-45(41)58-50-29-17-21-33-34-22-18-30(51-59-46-14-6-2-10-42(46)55)26-38(34)49(37(33)25-29)39-27-31(52-60-47-15-7-3-11-43(47)56)19-23-35(39)36-24-20-32(28-40(36)49)53-61-48-16-8-4-12-44(48)57/h1-28,50-57H. The lowest BCUT2D eigenvalue weighted by Crippen LogP contribution is -2.33. The number of phenols is 4. The molecule has 0 unspecified atom stereocenters. The maximum Gasteiger partial charge on any atom is 0.374 e. The van der Waals surface area contributed by atoms with Gasteiger partial charge < -0.3 is 39.0 Å². The van der Waals surface area contributed by atoms with Crippen LogP contribution in [0, 0.1) is 0 Å². The summed E-state index contributed by atoms with van der Waals surface area (Å²) in [5.41, 5.74) is 11.4. The molecule has 4 N–H and O–H groups in total. The zero-order valence-electron chi connectivity index (χ0n) is 32.9. The van der Waals surface area contributed by atoms with Gasteiger partial charge in [-0.25, -0.2) is 0 Å². The Morgan fingerprint density at radius 2 is 0.525 bits per heavy atom. The average molecular weight is 796 g/mol. The summed E-state index contributed by atoms with van der Waals surface area (Å²) < 4.78 is 24.8. The van der Waals surface area contributed by atoms with Gasteiger partial charge in [-0.3, -0.25) is 0 Å². The fraction of sp³-hybridized carbons (Fsp3) is 0.0204. The van der Waals surface area contributed by atoms with Crippen LogP contribution in [0.2, 0.25) is 0 Å². The summed E-state index contributed by atoms with van der Waals surface area (Å²) in [5.74, 6) is 1.88. The summed E-state index contributed by atoms with van der Waals surface area (Å²) in [5, 5.41) is 42.1. The van der Waals surface area contributed by atoms with Gasteiger partial charge in [0.15, 0.2) is 23.0 Å². The van der Waals surface area contributed by atoms with E-state index in [-0.39, 0.29) is 52.9 Å². The highest BCUT2D eigenvalue weighted by Gasteiger charge is 2.52. The summed E-state index contributed by atoms with van der Waals surface area (Å²) in [6, 6.07) is 53.5. The topological polar surface area (TPSA) is 118 Å². The normalized spacial score (nSPS) is 12.3. The SMILES string of the molecule is Oc1ccccc1OBc1ccc2c(c1)C1(c3cc(BOc4ccccc4O)ccc3-2)c2cc(BOc3ccccc3O)ccc2-c2ccc(BOc3ccccc3O)cc21. The maximum atomic E-state index is 10.5. The van der Waals surface area contributed by atoms with Gasteiger partial charge in [0.2, 0.25) is 0 Å². The Bertz CT molecular complexity index is 2570. The van der Waals surface area contributed by atoms with Gasteiger partial charge in [-0.1, -0.05) is 121 Å². The monoisotopic (exact) mass is 796 g/mol. The van der Waals surface area contributed by atoms with Gasteiger partial charge in [-0.2, -0.15) is 0 Å². The fourth-order valence-electron chi connectivity index (χ4n) is 8.74. The number of hydrogen-bond acceptors (Lipinski definition) is 8. The second-order valence-electron chi connectivity index (χ2n) is 15.3. The Morgan fingerprint density at radius 1 is 0.295 bits per heavy atom. The van der Waals surface area contributed by atoms with Crippen LogP contribution in [-0.2, 0) is 5.41 Å². The predicted molar refractivity (Wildman–Crippen MR) is 245 cm³/mol. The van der Waals surface area contributed by atoms with Gasteiger partial charge in [0.1, 0.15) is 23.0 Å². The Hall–Kier alpha value is -7.58. The Balaban J connectivity index is 1.14. The van der Waals surface area contributed by atoms with Crippen LogP contribution < -0.4 is 40.5 Å². The molecule has 2 aliphatic carbocycles. The van der Waals surface area contributed by atoms with E-state index in [0.29, 0.717) is 23.0 Å². The second kappa shape index (κ2) is 15.5. The molecule has 0 aromatic heterocycles. The summed E-state index contributed by atoms with van der Waals surface area (Å²) >= 11 is 0. The maximum absolute atomic E-state index is 10.5. The zero-order chi connectivity index (χ0) is 41.5. The number of phenolic OH excluding ortho intramolecular Hbond substituents is 4. The van der Waals surface area contributed by atoms with Crippen LogP contribution >= 0.6 is 0 Å². The van der Waals surface area contributed by atoms with Crippen LogP contribution in [0.4, 0.5) is 0 Å². The number of para-hydroxylation sites is 8. The first-order valence-corrected chi connectivity index (χ1v) is 20.0. The molecule has 2 aliphatic rings. The highest BCUT2D eigenvalue weighted by atomic mass is 16.5. The van der Waals surface area contributed by atoms with Gasteiger partial charge in [-0.05, 0) is 115 Å². The predicted octanol–water partition coefficient (Wildman–Crippen LogP) is 5.08. The Kier molecular flexibility index (Phi) is 9.60. The highest BCUT2D eigenvalue weighted by Crippen LogP contribution is 2.62. The summed E-state index contributed by atoms with van der Waals surface area (Å²) in [4.78, 5) is 0. The van der Waals surface area contributed by atoms with Crippen molar-refractivity contribution < 1.29 is 39.0 Å². The molecule has 0 saturated carbocycles. The van der Waals surface area contributed by atoms with Crippen LogP contribution in [0.25, 0.3) is 22.3 Å². The number of hydrogen-bond donors (Lipinski definition) is 4. The molecule has 0 aliphatic heterocycles. The molecule has 0 radical (unpaired) electrons. The van der Waals surface area contributed by atoms with Gasteiger partial charge >= 0.3 is 29.9 Å². The van der Waals surface area contributed by atoms with Crippen molar-refractivity contribution in [2.45, 2.75) is 5.41 Å². The van der Waals surface area contributed by atoms with Gasteiger partial charge in [0.25, 0.3) is 0 Å². The zero-order valence-corrected chi connectivity index (χ0v) is 32.9. The molecular formula is C49H36B4O8. The minimum Gasteiger partial charge on any atom is -0.557 e. The van der Waals surface area contributed by atoms with E-state index in [0.717, 1.165) is 66.4 Å². The van der Waals surface area contributed by atoms with Crippen molar-refractivity contribution in [2.24, 2.45) is 0 Å². The van der Waals surface area contributed by atoms with Gasteiger partial charge in [0, 0.05) is 0 Å². The van der Waals surface area contributed by atoms with Crippen LogP contribution in [0.5, 0.6) is 46.0 Å². The van der Waals surface area contributed by atoms with Crippen LogP contribution in [0.1, 0.15) is 22.3 Å². The lowest BCUT2D eigenvalue weighted by molar-refractivity contribution is 0.444. The lowest BCUT2D eigenvalue weighted by Gasteiger charge is -2.31. The third kappa shape index (κ3) is 6.76. The van der Waals surface area contributed by atoms with Gasteiger partial charge in [-0.15, -0.1) is 0 Å². The van der Waals surface area contributed by atoms with Gasteiger partial charge in [0.05, 0.1) is 5.41 Å². The molecule has 10 rings (SSSR count). The van der Waals surface area contributed by atoms with Crippen molar-refractivity contribution in [2.75, 3.05) is 0 Å². The van der Waals surface area contributed by atoms with Crippen LogP contribution in [0.3, 0.4) is 0 Å². The molecular weight excluding hydrogens is 760 g/mol. The third-order valence-electron chi connectivity index (χ3n) is 11.6. The van der Waals surface area contributed by atoms with E-state index in [4.69, 9.17) is 18.6 Å². The van der Waals surface area contributed by atoms with Crippen molar-refractivity contribution in [3.05, 3.63) is 192 Å². The van der Waals surface area contributed by atoms with E-state index in [1.54, 1.807) is 72.8 Å². The Labute approximate surface area is 355 Å². The summed E-state index contributed by atoms with van der Waals surface area (Å²) in [6.07, 6.45) is 0. The fourth-order valence-corrected chi connectivity index (χ4v) is 8.74. The van der Waals surface area contributed by atoms with E-state index in [9.17, 15) is 20.4 Å². The molecule has 292 valence electrons. The molecule has 0 heterocycles. The van der Waals surface area contributed by atoms with E-state index in [2.05, 4.69) is 72.8 Å². The molecule has 8 aromatic carbocycles. The minimum absolute atomic E-state index is 0.0712. The van der Waals surface area contributed by atoms with Crippen molar-refractivity contribution in [3.63, 3.8) is 0 Å². The Morgan fingerprint density at radius 3 is 0.754 bits per heavy atom. The minimum atomic E-state index is -0.832. The number of fused-ring (bicyclic) bond motifs is 10. The lowest BCUT2D eigenvalue weighted by atomic mass is 9.66. The molecule has 0 amide bonds. The van der Waals surface area contributed by atoms with E-state index in [1.807, 2.05) is 24.3 Å². The number of rotatable bonds is 12. The highest BCUT2D eigenvalue weighted by molar-refractivity contribution is 6.49. The van der Waals surface area contributed by atoms with E-state index in [1.165, 1.54) is 0 Å². The van der Waals surface area contributed by atoms with Crippen molar-refractivity contribution in [3.8, 4) is 68.2 Å². The third-order valence-corrected chi connectivity index (χ3v) is 11.6. The van der Waals surface area contributed by atoms with Crippen molar-refractivity contribution >= 4 is 51.8 Å². The molecule has 12 heteroatoms. The summed E-state index contributed by atoms with van der Waals surface area (Å²) in [6.45, 7) is 0. The van der Waals surface area contributed by atoms with Crippen molar-refractivity contribution in [1.29, 1.82) is 0 Å². The van der Waals surface area contributed by atoms with Crippen LogP contribution in [-0.4, -0.2) is 50.4 Å². The number of aromatic hydroxyl groups is 4. The first-order valence-electron chi connectivity index (χ1n) is 20.0. The molecule has 61 heavy (non-hydrogen) atoms. The summed E-state index contributed by atoms with van der Waals surface area (Å²) in [7, 11) is 0.887. The first-order chi connectivity index (χ1) is 29.9. The molecule has 0 bridgehead atoms. The largest absolute Gasteiger partial charge is 0.557 e. The van der Waals surface area contributed by atoms with Crippen LogP contribution in [0.15, 0.2) is 170 Å². The quantitative estimate of drug-likeness (QED) is 0.127.